The number of hydrogen-bond donors (Lipinski definition) is 1. The molecule has 0 aliphatic rings. The second-order valence-corrected chi connectivity index (χ2v) is 3.00. The highest BCUT2D eigenvalue weighted by Crippen LogP contribution is 1.98. The minimum atomic E-state index is 0.648. The highest BCUT2D eigenvalue weighted by Gasteiger charge is 1.94. The Labute approximate surface area is 83.8 Å². The first kappa shape index (κ1) is 11.0. The zero-order valence-corrected chi connectivity index (χ0v) is 8.48. The van der Waals surface area contributed by atoms with Crippen molar-refractivity contribution < 1.29 is 9.47 Å². The number of nitrogens with two attached hydrogens (primary N) is 1. The van der Waals surface area contributed by atoms with Gasteiger partial charge < -0.3 is 15.2 Å². The minimum absolute atomic E-state index is 0.648. The number of nitrogens with zero attached hydrogens (tertiary/aromatic N) is 2. The quantitative estimate of drug-likeness (QED) is 0.650. The zero-order chi connectivity index (χ0) is 10.2. The van der Waals surface area contributed by atoms with Gasteiger partial charge in [0.2, 0.25) is 0 Å². The van der Waals surface area contributed by atoms with E-state index in [2.05, 4.69) is 5.10 Å². The van der Waals surface area contributed by atoms with Gasteiger partial charge in [-0.1, -0.05) is 0 Å². The summed E-state index contributed by atoms with van der Waals surface area (Å²) in [5, 5.41) is 4.06. The van der Waals surface area contributed by atoms with Crippen LogP contribution in [0.5, 0.6) is 0 Å². The Kier molecular flexibility index (Phi) is 5.03. The Bertz CT molecular complexity index is 250. The van der Waals surface area contributed by atoms with Gasteiger partial charge in [-0.15, -0.1) is 0 Å². The maximum atomic E-state index is 5.52. The molecule has 0 spiro atoms. The molecule has 0 saturated heterocycles. The third kappa shape index (κ3) is 4.25. The Morgan fingerprint density at radius 2 is 2.29 bits per heavy atom. The molecule has 80 valence electrons. The molecule has 5 nitrogen and oxygen atoms in total. The lowest BCUT2D eigenvalue weighted by Gasteiger charge is -2.03. The van der Waals surface area contributed by atoms with E-state index in [1.165, 1.54) is 0 Å². The smallest absolute Gasteiger partial charge is 0.0719 e. The molecular formula is C9H17N3O2. The number of aromatic nitrogens is 2. The van der Waals surface area contributed by atoms with Crippen LogP contribution >= 0.6 is 0 Å². The predicted molar refractivity (Wildman–Crippen MR) is 54.0 cm³/mol. The number of anilines is 1. The lowest BCUT2D eigenvalue weighted by molar-refractivity contribution is 0.0677. The van der Waals surface area contributed by atoms with Crippen LogP contribution < -0.4 is 5.73 Å². The van der Waals surface area contributed by atoms with Gasteiger partial charge in [-0.25, -0.2) is 0 Å². The molecule has 0 fully saturated rings. The van der Waals surface area contributed by atoms with Gasteiger partial charge in [0, 0.05) is 26.5 Å². The summed E-state index contributed by atoms with van der Waals surface area (Å²) in [5.41, 5.74) is 6.22. The van der Waals surface area contributed by atoms with E-state index in [1.54, 1.807) is 13.3 Å². The van der Waals surface area contributed by atoms with Crippen molar-refractivity contribution in [2.45, 2.75) is 13.0 Å². The predicted octanol–water partition coefficient (Wildman–Crippen LogP) is 0.518. The molecule has 0 atom stereocenters. The largest absolute Gasteiger partial charge is 0.396 e. The van der Waals surface area contributed by atoms with Crippen molar-refractivity contribution in [3.8, 4) is 0 Å². The van der Waals surface area contributed by atoms with E-state index >= 15 is 0 Å². The molecule has 0 unspecified atom stereocenters. The van der Waals surface area contributed by atoms with Crippen LogP contribution in [0.25, 0.3) is 0 Å². The number of aryl methyl sites for hydroxylation is 1. The third-order valence-corrected chi connectivity index (χ3v) is 1.76. The number of hydrogen-bond acceptors (Lipinski definition) is 4. The first-order valence-electron chi connectivity index (χ1n) is 4.67. The van der Waals surface area contributed by atoms with E-state index < -0.39 is 0 Å². The van der Waals surface area contributed by atoms with Crippen molar-refractivity contribution >= 4 is 5.69 Å². The summed E-state index contributed by atoms with van der Waals surface area (Å²) < 4.78 is 12.0. The Hall–Kier alpha value is -1.07. The Morgan fingerprint density at radius 1 is 1.43 bits per heavy atom. The van der Waals surface area contributed by atoms with Gasteiger partial charge in [0.15, 0.2) is 0 Å². The third-order valence-electron chi connectivity index (χ3n) is 1.76. The molecule has 14 heavy (non-hydrogen) atoms. The average molecular weight is 199 g/mol. The van der Waals surface area contributed by atoms with Crippen molar-refractivity contribution in [2.24, 2.45) is 0 Å². The van der Waals surface area contributed by atoms with E-state index in [4.69, 9.17) is 15.2 Å². The average Bonchev–Trinajstić information content (AvgIpc) is 2.58. The number of nitrogen functional groups attached to an aromatic ring is 1. The van der Waals surface area contributed by atoms with Crippen LogP contribution in [0.2, 0.25) is 0 Å². The Balaban J connectivity index is 1.99. The summed E-state index contributed by atoms with van der Waals surface area (Å²) in [7, 11) is 1.66. The molecular weight excluding hydrogens is 182 g/mol. The lowest BCUT2D eigenvalue weighted by atomic mass is 10.4. The molecule has 2 N–H and O–H groups in total. The minimum Gasteiger partial charge on any atom is -0.396 e. The van der Waals surface area contributed by atoms with Crippen molar-refractivity contribution in [2.75, 3.05) is 32.7 Å². The van der Waals surface area contributed by atoms with E-state index in [9.17, 15) is 0 Å². The summed E-state index contributed by atoms with van der Waals surface area (Å²) >= 11 is 0. The molecule has 0 saturated carbocycles. The SMILES string of the molecule is COCCOCCCn1cc(N)cn1. The van der Waals surface area contributed by atoms with Gasteiger partial charge in [-0.2, -0.15) is 5.10 Å². The molecule has 1 rings (SSSR count). The van der Waals surface area contributed by atoms with Crippen LogP contribution in [0.15, 0.2) is 12.4 Å². The summed E-state index contributed by atoms with van der Waals surface area (Å²) in [6, 6.07) is 0. The van der Waals surface area contributed by atoms with Crippen molar-refractivity contribution in [1.82, 2.24) is 9.78 Å². The summed E-state index contributed by atoms with van der Waals surface area (Å²) in [5.74, 6) is 0. The monoisotopic (exact) mass is 199 g/mol. The standard InChI is InChI=1S/C9H17N3O2/c1-13-5-6-14-4-2-3-12-8-9(10)7-11-12/h7-8H,2-6,10H2,1H3. The van der Waals surface area contributed by atoms with E-state index in [0.29, 0.717) is 18.9 Å². The molecule has 1 heterocycles. The van der Waals surface area contributed by atoms with Gasteiger partial charge in [0.05, 0.1) is 25.1 Å². The fraction of sp³-hybridized carbons (Fsp3) is 0.667. The van der Waals surface area contributed by atoms with Crippen molar-refractivity contribution in [3.05, 3.63) is 12.4 Å². The topological polar surface area (TPSA) is 62.3 Å². The van der Waals surface area contributed by atoms with Crippen LogP contribution in [-0.4, -0.2) is 36.7 Å². The lowest BCUT2D eigenvalue weighted by Crippen LogP contribution is -2.06. The number of methoxy groups -OCH3 is 1. The van der Waals surface area contributed by atoms with Crippen molar-refractivity contribution in [3.63, 3.8) is 0 Å². The molecule has 0 radical (unpaired) electrons. The van der Waals surface area contributed by atoms with E-state index in [0.717, 1.165) is 19.6 Å². The number of ether oxygens (including phenoxy) is 2. The summed E-state index contributed by atoms with van der Waals surface area (Å²) in [6.07, 6.45) is 4.39. The van der Waals surface area contributed by atoms with E-state index in [1.807, 2.05) is 10.9 Å². The molecule has 0 aromatic carbocycles. The van der Waals surface area contributed by atoms with Gasteiger partial charge in [-0.3, -0.25) is 4.68 Å². The molecule has 0 aliphatic heterocycles. The zero-order valence-electron chi connectivity index (χ0n) is 8.48. The van der Waals surface area contributed by atoms with E-state index in [-0.39, 0.29) is 0 Å². The molecule has 1 aromatic rings. The van der Waals surface area contributed by atoms with Crippen LogP contribution in [0.4, 0.5) is 5.69 Å². The normalized spacial score (nSPS) is 10.6. The van der Waals surface area contributed by atoms with Crippen LogP contribution in [0.1, 0.15) is 6.42 Å². The van der Waals surface area contributed by atoms with Crippen LogP contribution in [0.3, 0.4) is 0 Å². The fourth-order valence-electron chi connectivity index (χ4n) is 1.07. The van der Waals surface area contributed by atoms with Gasteiger partial charge in [0.1, 0.15) is 0 Å². The Morgan fingerprint density at radius 3 is 2.93 bits per heavy atom. The highest BCUT2D eigenvalue weighted by atomic mass is 16.5. The molecule has 5 heteroatoms. The molecule has 0 amide bonds. The maximum Gasteiger partial charge on any atom is 0.0719 e. The number of rotatable bonds is 7. The van der Waals surface area contributed by atoms with Crippen LogP contribution in [-0.2, 0) is 16.0 Å². The summed E-state index contributed by atoms with van der Waals surface area (Å²) in [6.45, 7) is 2.86. The van der Waals surface area contributed by atoms with Gasteiger partial charge >= 0.3 is 0 Å². The van der Waals surface area contributed by atoms with Crippen LogP contribution in [0, 0.1) is 0 Å². The van der Waals surface area contributed by atoms with Gasteiger partial charge in [-0.05, 0) is 6.42 Å². The first-order valence-corrected chi connectivity index (χ1v) is 4.67. The highest BCUT2D eigenvalue weighted by molar-refractivity contribution is 5.30. The maximum absolute atomic E-state index is 5.52. The second-order valence-electron chi connectivity index (χ2n) is 3.00. The summed E-state index contributed by atoms with van der Waals surface area (Å²) in [4.78, 5) is 0. The first-order chi connectivity index (χ1) is 6.83. The molecule has 0 aliphatic carbocycles. The van der Waals surface area contributed by atoms with Crippen molar-refractivity contribution in [1.29, 1.82) is 0 Å². The van der Waals surface area contributed by atoms with Gasteiger partial charge in [0.25, 0.3) is 0 Å². The molecule has 1 aromatic heterocycles. The molecule has 0 bridgehead atoms. The fourth-order valence-corrected chi connectivity index (χ4v) is 1.07. The second kappa shape index (κ2) is 6.39.